The van der Waals surface area contributed by atoms with Crippen molar-refractivity contribution in [3.05, 3.63) is 29.8 Å². The fourth-order valence-electron chi connectivity index (χ4n) is 2.84. The van der Waals surface area contributed by atoms with E-state index in [4.69, 9.17) is 10.5 Å². The topological polar surface area (TPSA) is 52.3 Å². The molecule has 110 valence electrons. The van der Waals surface area contributed by atoms with Crippen molar-refractivity contribution in [2.45, 2.75) is 25.7 Å². The largest absolute Gasteiger partial charge is 0.497 e. The smallest absolute Gasteiger partial charge is 0.259 e. The Morgan fingerprint density at radius 3 is 2.60 bits per heavy atom. The van der Waals surface area contributed by atoms with Gasteiger partial charge in [0.25, 0.3) is 5.92 Å². The summed E-state index contributed by atoms with van der Waals surface area (Å²) in [5, 5.41) is 0. The molecule has 1 fully saturated rings. The van der Waals surface area contributed by atoms with Gasteiger partial charge in [0, 0.05) is 11.8 Å². The first-order valence-electron chi connectivity index (χ1n) is 6.61. The monoisotopic (exact) mass is 283 g/mol. The van der Waals surface area contributed by atoms with Gasteiger partial charge >= 0.3 is 0 Å². The van der Waals surface area contributed by atoms with Crippen LogP contribution < -0.4 is 10.5 Å². The predicted molar refractivity (Wildman–Crippen MR) is 71.7 cm³/mol. The SMILES string of the molecule is COc1cccc(C2C(C(C)C(C)C(N)=O)C2(F)F)c1. The van der Waals surface area contributed by atoms with E-state index < -0.39 is 35.5 Å². The van der Waals surface area contributed by atoms with Gasteiger partial charge in [-0.25, -0.2) is 8.78 Å². The van der Waals surface area contributed by atoms with Crippen molar-refractivity contribution in [2.24, 2.45) is 23.5 Å². The summed E-state index contributed by atoms with van der Waals surface area (Å²) < 4.78 is 33.2. The van der Waals surface area contributed by atoms with Crippen LogP contribution >= 0.6 is 0 Å². The molecule has 0 radical (unpaired) electrons. The Morgan fingerprint density at radius 1 is 1.40 bits per heavy atom. The van der Waals surface area contributed by atoms with Crippen molar-refractivity contribution < 1.29 is 18.3 Å². The highest BCUT2D eigenvalue weighted by molar-refractivity contribution is 5.76. The highest BCUT2D eigenvalue weighted by atomic mass is 19.3. The number of ether oxygens (including phenoxy) is 1. The fourth-order valence-corrected chi connectivity index (χ4v) is 2.84. The van der Waals surface area contributed by atoms with Crippen molar-refractivity contribution in [2.75, 3.05) is 7.11 Å². The number of carbonyl (C=O) groups excluding carboxylic acids is 1. The Kier molecular flexibility index (Phi) is 3.71. The van der Waals surface area contributed by atoms with Crippen LogP contribution in [0.15, 0.2) is 24.3 Å². The van der Waals surface area contributed by atoms with E-state index in [0.717, 1.165) is 0 Å². The number of primary amides is 1. The summed E-state index contributed by atoms with van der Waals surface area (Å²) in [7, 11) is 1.50. The number of halogens is 2. The number of alkyl halides is 2. The van der Waals surface area contributed by atoms with E-state index in [9.17, 15) is 13.6 Å². The van der Waals surface area contributed by atoms with Gasteiger partial charge in [-0.15, -0.1) is 0 Å². The summed E-state index contributed by atoms with van der Waals surface area (Å²) in [5.74, 6) is -5.52. The summed E-state index contributed by atoms with van der Waals surface area (Å²) in [6.07, 6.45) is 0. The molecular formula is C15H19F2NO2. The summed E-state index contributed by atoms with van der Waals surface area (Å²) in [4.78, 5) is 11.2. The van der Waals surface area contributed by atoms with Gasteiger partial charge in [0.1, 0.15) is 5.75 Å². The second-order valence-corrected chi connectivity index (χ2v) is 5.50. The third kappa shape index (κ3) is 2.37. The van der Waals surface area contributed by atoms with Crippen LogP contribution in [0.2, 0.25) is 0 Å². The third-order valence-corrected chi connectivity index (χ3v) is 4.37. The molecule has 4 unspecified atom stereocenters. The number of amides is 1. The number of hydrogen-bond acceptors (Lipinski definition) is 2. The maximum absolute atomic E-state index is 14.1. The van der Waals surface area contributed by atoms with Gasteiger partial charge in [0.2, 0.25) is 5.91 Å². The zero-order valence-electron chi connectivity index (χ0n) is 11.8. The van der Waals surface area contributed by atoms with E-state index in [-0.39, 0.29) is 0 Å². The van der Waals surface area contributed by atoms with Crippen LogP contribution in [-0.2, 0) is 4.79 Å². The van der Waals surface area contributed by atoms with Crippen molar-refractivity contribution >= 4 is 5.91 Å². The molecule has 5 heteroatoms. The predicted octanol–water partition coefficient (Wildman–Crippen LogP) is 2.80. The lowest BCUT2D eigenvalue weighted by atomic mass is 9.89. The lowest BCUT2D eigenvalue weighted by Gasteiger charge is -2.16. The first-order chi connectivity index (χ1) is 9.30. The Balaban J connectivity index is 2.23. The van der Waals surface area contributed by atoms with Crippen molar-refractivity contribution in [1.82, 2.24) is 0 Å². The summed E-state index contributed by atoms with van der Waals surface area (Å²) >= 11 is 0. The first-order valence-corrected chi connectivity index (χ1v) is 6.61. The van der Waals surface area contributed by atoms with Crippen LogP contribution in [0.3, 0.4) is 0 Å². The molecule has 0 saturated heterocycles. The van der Waals surface area contributed by atoms with Crippen LogP contribution in [0, 0.1) is 17.8 Å². The van der Waals surface area contributed by atoms with E-state index in [2.05, 4.69) is 0 Å². The highest BCUT2D eigenvalue weighted by Gasteiger charge is 2.70. The standard InChI is InChI=1S/C15H19F2NO2/c1-8(9(2)14(18)19)12-13(15(12,16)17)10-5-4-6-11(7-10)20-3/h4-9,12-13H,1-3H3,(H2,18,19). The molecule has 1 saturated carbocycles. The zero-order chi connectivity index (χ0) is 15.1. The molecule has 0 aliphatic heterocycles. The van der Waals surface area contributed by atoms with E-state index in [1.54, 1.807) is 38.1 Å². The minimum absolute atomic E-state index is 0.460. The third-order valence-electron chi connectivity index (χ3n) is 4.37. The number of rotatable bonds is 5. The van der Waals surface area contributed by atoms with Gasteiger partial charge in [-0.3, -0.25) is 4.79 Å². The molecule has 1 aromatic rings. The first kappa shape index (κ1) is 14.8. The fraction of sp³-hybridized carbons (Fsp3) is 0.533. The second kappa shape index (κ2) is 5.04. The molecule has 0 bridgehead atoms. The molecule has 2 N–H and O–H groups in total. The number of benzene rings is 1. The van der Waals surface area contributed by atoms with Crippen LogP contribution in [0.1, 0.15) is 25.3 Å². The van der Waals surface area contributed by atoms with Crippen LogP contribution in [0.4, 0.5) is 8.78 Å². The lowest BCUT2D eigenvalue weighted by Crippen LogP contribution is -2.28. The van der Waals surface area contributed by atoms with Gasteiger partial charge in [-0.1, -0.05) is 26.0 Å². The molecule has 4 atom stereocenters. The molecule has 0 aromatic heterocycles. The molecule has 0 heterocycles. The summed E-state index contributed by atoms with van der Waals surface area (Å²) in [6, 6.07) is 6.71. The number of methoxy groups -OCH3 is 1. The van der Waals surface area contributed by atoms with E-state index in [1.807, 2.05) is 0 Å². The quantitative estimate of drug-likeness (QED) is 0.903. The van der Waals surface area contributed by atoms with Gasteiger partial charge in [-0.2, -0.15) is 0 Å². The number of nitrogens with two attached hydrogens (primary N) is 1. The summed E-state index contributed by atoms with van der Waals surface area (Å²) in [6.45, 7) is 3.26. The average molecular weight is 283 g/mol. The van der Waals surface area contributed by atoms with Gasteiger partial charge in [0.15, 0.2) is 0 Å². The molecule has 1 aromatic carbocycles. The summed E-state index contributed by atoms with van der Waals surface area (Å²) in [5.41, 5.74) is 5.76. The van der Waals surface area contributed by atoms with E-state index in [1.165, 1.54) is 7.11 Å². The van der Waals surface area contributed by atoms with Gasteiger partial charge < -0.3 is 10.5 Å². The zero-order valence-corrected chi connectivity index (χ0v) is 11.8. The van der Waals surface area contributed by atoms with Crippen molar-refractivity contribution in [3.8, 4) is 5.75 Å². The number of hydrogen-bond donors (Lipinski definition) is 1. The maximum atomic E-state index is 14.1. The van der Waals surface area contributed by atoms with Gasteiger partial charge in [-0.05, 0) is 23.6 Å². The molecule has 20 heavy (non-hydrogen) atoms. The molecule has 0 spiro atoms. The minimum atomic E-state index is -2.80. The second-order valence-electron chi connectivity index (χ2n) is 5.50. The lowest BCUT2D eigenvalue weighted by molar-refractivity contribution is -0.123. The van der Waals surface area contributed by atoms with E-state index in [0.29, 0.717) is 11.3 Å². The van der Waals surface area contributed by atoms with Gasteiger partial charge in [0.05, 0.1) is 13.0 Å². The Morgan fingerprint density at radius 2 is 2.05 bits per heavy atom. The van der Waals surface area contributed by atoms with Crippen LogP contribution in [-0.4, -0.2) is 18.9 Å². The molecule has 1 aliphatic carbocycles. The normalized spacial score (nSPS) is 26.6. The maximum Gasteiger partial charge on any atom is 0.259 e. The highest BCUT2D eigenvalue weighted by Crippen LogP contribution is 2.65. The Hall–Kier alpha value is -1.65. The molecule has 2 rings (SSSR count). The van der Waals surface area contributed by atoms with Crippen molar-refractivity contribution in [3.63, 3.8) is 0 Å². The molecule has 3 nitrogen and oxygen atoms in total. The minimum Gasteiger partial charge on any atom is -0.497 e. The Bertz CT molecular complexity index is 518. The molecular weight excluding hydrogens is 264 g/mol. The Labute approximate surface area is 117 Å². The molecule has 1 amide bonds. The van der Waals surface area contributed by atoms with Crippen molar-refractivity contribution in [1.29, 1.82) is 0 Å². The van der Waals surface area contributed by atoms with E-state index >= 15 is 0 Å². The molecule has 1 aliphatic rings. The average Bonchev–Trinajstić information content (AvgIpc) is 2.99. The number of carbonyl (C=O) groups is 1. The van der Waals surface area contributed by atoms with Crippen LogP contribution in [0.25, 0.3) is 0 Å². The van der Waals surface area contributed by atoms with Crippen LogP contribution in [0.5, 0.6) is 5.75 Å².